The van der Waals surface area contributed by atoms with Gasteiger partial charge in [0.15, 0.2) is 0 Å². The van der Waals surface area contributed by atoms with Gasteiger partial charge in [0.05, 0.1) is 5.69 Å². The Bertz CT molecular complexity index is 1610. The molecule has 1 aliphatic heterocycles. The Morgan fingerprint density at radius 2 is 1.60 bits per heavy atom. The molecule has 1 atom stereocenters. The maximum absolute atomic E-state index is 14.0. The molecule has 0 radical (unpaired) electrons. The van der Waals surface area contributed by atoms with Crippen molar-refractivity contribution in [3.63, 3.8) is 0 Å². The Hall–Kier alpha value is -4.52. The molecule has 1 fully saturated rings. The molecule has 4 aromatic carbocycles. The normalized spacial score (nSPS) is 15.2. The van der Waals surface area contributed by atoms with E-state index in [0.29, 0.717) is 24.9 Å². The molecular weight excluding hydrogens is 541 g/mol. The second kappa shape index (κ2) is 12.8. The standard InChI is InChI=1S/C36H36FN3O3/c37-28-20-18-26(19-21-28)24-40(32(23-25-9-2-1-3-10-25)35(42)38-29-13-4-5-14-29)33(41)17-8-22-39-31-16-7-12-27-11-6-15-30(34(27)31)36(39)43/h1-3,6-7,9-12,15-16,18-21,29,32H,4-5,8,13-14,17,22-24H2,(H,38,42). The van der Waals surface area contributed by atoms with E-state index in [0.717, 1.165) is 53.3 Å². The van der Waals surface area contributed by atoms with Gasteiger partial charge >= 0.3 is 0 Å². The fourth-order valence-corrected chi connectivity index (χ4v) is 6.44. The molecule has 0 aromatic heterocycles. The number of rotatable bonds is 11. The van der Waals surface area contributed by atoms with Crippen LogP contribution in [0.15, 0.2) is 91.0 Å². The van der Waals surface area contributed by atoms with Crippen LogP contribution in [0.5, 0.6) is 0 Å². The van der Waals surface area contributed by atoms with Crippen molar-refractivity contribution in [1.29, 1.82) is 0 Å². The Kier molecular flexibility index (Phi) is 8.50. The van der Waals surface area contributed by atoms with Gasteiger partial charge in [0.25, 0.3) is 5.91 Å². The van der Waals surface area contributed by atoms with Crippen LogP contribution in [-0.2, 0) is 22.6 Å². The van der Waals surface area contributed by atoms with E-state index in [4.69, 9.17) is 0 Å². The van der Waals surface area contributed by atoms with Crippen LogP contribution in [0.3, 0.4) is 0 Å². The van der Waals surface area contributed by atoms with Crippen molar-refractivity contribution >= 4 is 34.2 Å². The molecule has 6 rings (SSSR count). The topological polar surface area (TPSA) is 69.7 Å². The minimum atomic E-state index is -0.730. The third kappa shape index (κ3) is 6.31. The molecular formula is C36H36FN3O3. The van der Waals surface area contributed by atoms with Crippen molar-refractivity contribution < 1.29 is 18.8 Å². The van der Waals surface area contributed by atoms with Gasteiger partial charge in [0, 0.05) is 42.9 Å². The predicted molar refractivity (Wildman–Crippen MR) is 166 cm³/mol. The predicted octanol–water partition coefficient (Wildman–Crippen LogP) is 6.42. The van der Waals surface area contributed by atoms with Crippen LogP contribution in [-0.4, -0.2) is 41.2 Å². The van der Waals surface area contributed by atoms with E-state index in [1.165, 1.54) is 12.1 Å². The SMILES string of the molecule is O=C(NC1CCCC1)C(Cc1ccccc1)N(Cc1ccc(F)cc1)C(=O)CCCN1C(=O)c2cccc3cccc1c23. The van der Waals surface area contributed by atoms with Gasteiger partial charge in [-0.1, -0.05) is 79.6 Å². The fraction of sp³-hybridized carbons (Fsp3) is 0.306. The van der Waals surface area contributed by atoms with E-state index in [1.54, 1.807) is 21.9 Å². The molecule has 0 bridgehead atoms. The fourth-order valence-electron chi connectivity index (χ4n) is 6.44. The van der Waals surface area contributed by atoms with Gasteiger partial charge in [-0.05, 0) is 60.0 Å². The lowest BCUT2D eigenvalue weighted by Crippen LogP contribution is -2.52. The van der Waals surface area contributed by atoms with Crippen molar-refractivity contribution in [2.24, 2.45) is 0 Å². The van der Waals surface area contributed by atoms with Crippen LogP contribution in [0, 0.1) is 5.82 Å². The van der Waals surface area contributed by atoms with Crippen LogP contribution in [0.4, 0.5) is 10.1 Å². The highest BCUT2D eigenvalue weighted by Gasteiger charge is 2.33. The monoisotopic (exact) mass is 577 g/mol. The minimum Gasteiger partial charge on any atom is -0.352 e. The molecule has 3 amide bonds. The minimum absolute atomic E-state index is 0.0553. The number of halogens is 1. The van der Waals surface area contributed by atoms with Gasteiger partial charge in [-0.15, -0.1) is 0 Å². The van der Waals surface area contributed by atoms with E-state index in [-0.39, 0.29) is 42.5 Å². The highest BCUT2D eigenvalue weighted by Crippen LogP contribution is 2.37. The summed E-state index contributed by atoms with van der Waals surface area (Å²) in [4.78, 5) is 44.5. The van der Waals surface area contributed by atoms with Gasteiger partial charge in [-0.25, -0.2) is 4.39 Å². The summed E-state index contributed by atoms with van der Waals surface area (Å²) in [6, 6.07) is 26.8. The molecule has 1 saturated carbocycles. The summed E-state index contributed by atoms with van der Waals surface area (Å²) in [7, 11) is 0. The summed E-state index contributed by atoms with van der Waals surface area (Å²) in [6.45, 7) is 0.572. The molecule has 1 unspecified atom stereocenters. The van der Waals surface area contributed by atoms with Gasteiger partial charge < -0.3 is 15.1 Å². The second-order valence-corrected chi connectivity index (χ2v) is 11.6. The molecule has 1 N–H and O–H groups in total. The van der Waals surface area contributed by atoms with Gasteiger partial charge in [-0.3, -0.25) is 14.4 Å². The van der Waals surface area contributed by atoms with Crippen LogP contribution in [0.25, 0.3) is 10.8 Å². The van der Waals surface area contributed by atoms with Crippen LogP contribution >= 0.6 is 0 Å². The van der Waals surface area contributed by atoms with Crippen molar-refractivity contribution in [2.45, 2.75) is 63.6 Å². The Labute approximate surface area is 251 Å². The van der Waals surface area contributed by atoms with Crippen molar-refractivity contribution in [2.75, 3.05) is 11.4 Å². The van der Waals surface area contributed by atoms with E-state index in [9.17, 15) is 18.8 Å². The molecule has 220 valence electrons. The van der Waals surface area contributed by atoms with Gasteiger partial charge in [0.2, 0.25) is 11.8 Å². The average molecular weight is 578 g/mol. The summed E-state index contributed by atoms with van der Waals surface area (Å²) in [5.41, 5.74) is 3.26. The molecule has 2 aliphatic rings. The zero-order valence-electron chi connectivity index (χ0n) is 24.2. The quantitative estimate of drug-likeness (QED) is 0.224. The smallest absolute Gasteiger partial charge is 0.258 e. The lowest BCUT2D eigenvalue weighted by molar-refractivity contribution is -0.141. The number of nitrogens with zero attached hydrogens (tertiary/aromatic N) is 2. The Morgan fingerprint density at radius 1 is 0.884 bits per heavy atom. The van der Waals surface area contributed by atoms with Crippen LogP contribution in [0.1, 0.15) is 60.0 Å². The third-order valence-corrected chi connectivity index (χ3v) is 8.66. The van der Waals surface area contributed by atoms with Crippen molar-refractivity contribution in [3.05, 3.63) is 114 Å². The molecule has 0 spiro atoms. The summed E-state index contributed by atoms with van der Waals surface area (Å²) < 4.78 is 13.7. The number of anilines is 1. The van der Waals surface area contributed by atoms with E-state index in [1.807, 2.05) is 66.7 Å². The first-order valence-electron chi connectivity index (χ1n) is 15.2. The largest absolute Gasteiger partial charge is 0.352 e. The number of carbonyl (C=O) groups excluding carboxylic acids is 3. The summed E-state index contributed by atoms with van der Waals surface area (Å²) in [6.07, 6.45) is 5.02. The van der Waals surface area contributed by atoms with Gasteiger partial charge in [-0.2, -0.15) is 0 Å². The number of nitrogens with one attached hydrogen (secondary N) is 1. The molecule has 1 heterocycles. The molecule has 7 heteroatoms. The number of carbonyl (C=O) groups is 3. The van der Waals surface area contributed by atoms with E-state index in [2.05, 4.69) is 5.32 Å². The molecule has 6 nitrogen and oxygen atoms in total. The maximum atomic E-state index is 14.0. The highest BCUT2D eigenvalue weighted by molar-refractivity contribution is 6.25. The summed E-state index contributed by atoms with van der Waals surface area (Å²) in [5.74, 6) is -0.745. The lowest BCUT2D eigenvalue weighted by Gasteiger charge is -2.32. The average Bonchev–Trinajstić information content (AvgIpc) is 3.63. The van der Waals surface area contributed by atoms with Gasteiger partial charge in [0.1, 0.15) is 11.9 Å². The zero-order chi connectivity index (χ0) is 29.8. The molecule has 43 heavy (non-hydrogen) atoms. The number of benzene rings is 4. The number of amides is 3. The van der Waals surface area contributed by atoms with Crippen LogP contribution in [0.2, 0.25) is 0 Å². The molecule has 1 aliphatic carbocycles. The first-order chi connectivity index (χ1) is 21.0. The van der Waals surface area contributed by atoms with Crippen LogP contribution < -0.4 is 10.2 Å². The van der Waals surface area contributed by atoms with E-state index >= 15 is 0 Å². The third-order valence-electron chi connectivity index (χ3n) is 8.66. The first kappa shape index (κ1) is 28.6. The first-order valence-corrected chi connectivity index (χ1v) is 15.2. The van der Waals surface area contributed by atoms with Crippen molar-refractivity contribution in [3.8, 4) is 0 Å². The molecule has 0 saturated heterocycles. The second-order valence-electron chi connectivity index (χ2n) is 11.6. The summed E-state index contributed by atoms with van der Waals surface area (Å²) in [5, 5.41) is 5.18. The van der Waals surface area contributed by atoms with Crippen molar-refractivity contribution in [1.82, 2.24) is 10.2 Å². The summed E-state index contributed by atoms with van der Waals surface area (Å²) >= 11 is 0. The Balaban J connectivity index is 1.23. The molecule has 4 aromatic rings. The zero-order valence-corrected chi connectivity index (χ0v) is 24.2. The maximum Gasteiger partial charge on any atom is 0.258 e. The Morgan fingerprint density at radius 3 is 2.35 bits per heavy atom. The number of hydrogen-bond acceptors (Lipinski definition) is 3. The van der Waals surface area contributed by atoms with E-state index < -0.39 is 6.04 Å². The highest BCUT2D eigenvalue weighted by atomic mass is 19.1. The number of hydrogen-bond donors (Lipinski definition) is 1. The lowest BCUT2D eigenvalue weighted by atomic mass is 10.0.